The molecule has 0 bridgehead atoms. The zero-order valence-corrected chi connectivity index (χ0v) is 57.2. The normalized spacial score (nSPS) is 12.9. The van der Waals surface area contributed by atoms with Crippen LogP contribution < -0.4 is 70.2 Å². The van der Waals surface area contributed by atoms with E-state index in [0.717, 1.165) is 45.5 Å². The molecule has 5 nitrogen and oxygen atoms in total. The van der Waals surface area contributed by atoms with E-state index in [1.54, 1.807) is 0 Å². The maximum atomic E-state index is 2.76. The zero-order chi connectivity index (χ0) is 65.1. The molecule has 0 radical (unpaired) electrons. The van der Waals surface area contributed by atoms with Gasteiger partial charge in [-0.15, -0.1) is 0 Å². The van der Waals surface area contributed by atoms with Crippen molar-refractivity contribution < 1.29 is 0 Å². The maximum absolute atomic E-state index is 2.76. The van der Waals surface area contributed by atoms with E-state index in [-0.39, 0.29) is 43.3 Å². The number of para-hydroxylation sites is 8. The molecule has 1 aromatic heterocycles. The minimum atomic E-state index is -0.254. The molecule has 9 heteroatoms. The number of nitrogens with zero attached hydrogens (tertiary/aromatic N) is 5. The van der Waals surface area contributed by atoms with Gasteiger partial charge in [-0.3, -0.25) is 0 Å². The van der Waals surface area contributed by atoms with Gasteiger partial charge in [0.25, 0.3) is 0 Å². The second-order valence-electron chi connectivity index (χ2n) is 25.9. The van der Waals surface area contributed by atoms with E-state index in [0.29, 0.717) is 0 Å². The van der Waals surface area contributed by atoms with Gasteiger partial charge in [0.15, 0.2) is 0 Å². The molecule has 15 aromatic carbocycles. The third-order valence-corrected chi connectivity index (χ3v) is 25.4. The van der Waals surface area contributed by atoms with Gasteiger partial charge in [0.2, 0.25) is 0 Å². The predicted octanol–water partition coefficient (Wildman–Crippen LogP) is 15.6. The molecule has 0 unspecified atom stereocenters. The van der Waals surface area contributed by atoms with Crippen LogP contribution in [0.3, 0.4) is 0 Å². The van der Waals surface area contributed by atoms with Crippen molar-refractivity contribution in [1.29, 1.82) is 0 Å². The second kappa shape index (κ2) is 23.6. The van der Waals surface area contributed by atoms with Crippen LogP contribution in [0.5, 0.6) is 0 Å². The molecular weight excluding hydrogens is 1330 g/mol. The number of fused-ring (bicyclic) bond motifs is 11. The van der Waals surface area contributed by atoms with Gasteiger partial charge in [-0.2, -0.15) is 0 Å². The minimum absolute atomic E-state index is 0.111. The van der Waals surface area contributed by atoms with Crippen molar-refractivity contribution in [3.63, 3.8) is 0 Å². The van der Waals surface area contributed by atoms with E-state index in [1.165, 1.54) is 123 Å². The van der Waals surface area contributed by atoms with Crippen molar-refractivity contribution in [3.8, 4) is 27.9 Å². The van der Waals surface area contributed by atoms with Crippen molar-refractivity contribution >= 4 is 184 Å². The van der Waals surface area contributed by atoms with Crippen LogP contribution >= 0.6 is 0 Å². The predicted molar refractivity (Wildman–Crippen MR) is 423 cm³/mol. The third-order valence-electron chi connectivity index (χ3n) is 20.4. The van der Waals surface area contributed by atoms with Crippen LogP contribution in [0.15, 0.2) is 358 Å². The number of benzene rings is 15. The Morgan fingerprint density at radius 1 is 0.253 bits per heavy atom. The monoisotopic (exact) mass is 1390 g/mol. The molecular formula is C90H59B2N5Se2. The Morgan fingerprint density at radius 2 is 0.586 bits per heavy atom. The first kappa shape index (κ1) is 57.7. The number of anilines is 12. The molecule has 0 saturated heterocycles. The number of hydrogen-bond acceptors (Lipinski definition) is 4. The van der Waals surface area contributed by atoms with E-state index >= 15 is 0 Å². The topological polar surface area (TPSA) is 17.9 Å². The fourth-order valence-corrected chi connectivity index (χ4v) is 22.1. The van der Waals surface area contributed by atoms with Crippen molar-refractivity contribution in [2.45, 2.75) is 0 Å². The van der Waals surface area contributed by atoms with Gasteiger partial charge in [0.1, 0.15) is 0 Å². The molecule has 20 rings (SSSR count). The summed E-state index contributed by atoms with van der Waals surface area (Å²) in [6.07, 6.45) is 0. The van der Waals surface area contributed by atoms with Gasteiger partial charge >= 0.3 is 594 Å². The first-order valence-electron chi connectivity index (χ1n) is 34.0. The summed E-state index contributed by atoms with van der Waals surface area (Å²) in [5.41, 5.74) is 30.5. The molecule has 5 heterocycles. The fraction of sp³-hybridized carbons (Fsp3) is 0. The fourth-order valence-electron chi connectivity index (χ4n) is 16.2. The molecule has 0 amide bonds. The Labute approximate surface area is 589 Å². The van der Waals surface area contributed by atoms with Crippen molar-refractivity contribution in [2.75, 3.05) is 19.6 Å². The van der Waals surface area contributed by atoms with Crippen molar-refractivity contribution in [3.05, 3.63) is 358 Å². The molecule has 0 N–H and O–H groups in total. The van der Waals surface area contributed by atoms with Gasteiger partial charge in [0.05, 0.1) is 0 Å². The summed E-state index contributed by atoms with van der Waals surface area (Å²) < 4.78 is 8.39. The van der Waals surface area contributed by atoms with Crippen LogP contribution in [0.25, 0.3) is 49.7 Å². The van der Waals surface area contributed by atoms with Gasteiger partial charge in [-0.05, 0) is 0 Å². The zero-order valence-electron chi connectivity index (χ0n) is 53.8. The third kappa shape index (κ3) is 9.38. The quantitative estimate of drug-likeness (QED) is 0.120. The number of rotatable bonds is 11. The van der Waals surface area contributed by atoms with Crippen molar-refractivity contribution in [1.82, 2.24) is 4.57 Å². The van der Waals surface area contributed by atoms with Crippen LogP contribution in [0.1, 0.15) is 0 Å². The summed E-state index contributed by atoms with van der Waals surface area (Å²) in [6, 6.07) is 134. The Balaban J connectivity index is 0.928. The Hall–Kier alpha value is -11.5. The van der Waals surface area contributed by atoms with Crippen LogP contribution in [0, 0.1) is 0 Å². The van der Waals surface area contributed by atoms with E-state index in [2.05, 4.69) is 382 Å². The summed E-state index contributed by atoms with van der Waals surface area (Å²) in [4.78, 5) is 10.1. The average Bonchev–Trinajstić information content (AvgIpc) is 1.55. The Kier molecular flexibility index (Phi) is 13.8. The molecule has 0 atom stereocenters. The van der Waals surface area contributed by atoms with E-state index in [9.17, 15) is 0 Å². The molecule has 0 spiro atoms. The van der Waals surface area contributed by atoms with Gasteiger partial charge in [0, 0.05) is 0 Å². The molecule has 16 aromatic rings. The number of hydrogen-bond donors (Lipinski definition) is 0. The summed E-state index contributed by atoms with van der Waals surface area (Å²) in [5, 5.41) is 2.48. The number of aromatic nitrogens is 1. The second-order valence-corrected chi connectivity index (χ2v) is 30.3. The van der Waals surface area contributed by atoms with E-state index < -0.39 is 0 Å². The van der Waals surface area contributed by atoms with E-state index in [4.69, 9.17) is 0 Å². The molecule has 4 aliphatic rings. The Bertz CT molecular complexity index is 5390. The van der Waals surface area contributed by atoms with Gasteiger partial charge in [-0.25, -0.2) is 0 Å². The van der Waals surface area contributed by atoms with E-state index in [1.807, 2.05) is 0 Å². The van der Waals surface area contributed by atoms with Crippen molar-refractivity contribution in [2.24, 2.45) is 0 Å². The van der Waals surface area contributed by atoms with Crippen LogP contribution in [-0.4, -0.2) is 47.9 Å². The standard InChI is InChI=1S/C90H59B2N5Se2/c1-9-29-60(30-10-1)62-49-51-78-72(53-62)73-54-63(61-31-11-2-12-32-61)50-52-79(73)97(78)88-89-76(91-74-45-25-27-47-80(74)95(68-41-21-7-22-42-68)82-55-70(57-84(98-89)86(82)91)93(64-33-13-3-14-34-64)65-35-15-4-16-36-65)59-77-90(88)99-85-58-71(94(66-37-17-5-18-38-66)67-39-19-6-20-40-67)56-83-87(85)92(77)75-46-26-28-48-81(75)96(83)69-43-23-8-24-44-69/h1-59H. The van der Waals surface area contributed by atoms with Crippen LogP contribution in [0.4, 0.5) is 68.2 Å². The molecule has 0 saturated carbocycles. The summed E-state index contributed by atoms with van der Waals surface area (Å²) in [6.45, 7) is -0.222. The first-order valence-corrected chi connectivity index (χ1v) is 37.4. The SMILES string of the molecule is c1ccc(-c2ccc3c(c2)c2cc(-c4ccccc4)ccc2n3-c2c3c(cc4c2[Se]c2cc(N(c5ccccc5)c5ccccc5)cc5c2B4c2ccccc2N5c2ccccc2)B2c4ccccc4N(c4ccccc4)c4cc(N(c5ccccc5)c5ccccc5)cc(c42)[Se]3)cc1. The van der Waals surface area contributed by atoms with Gasteiger partial charge in [-0.1, -0.05) is 0 Å². The molecule has 99 heavy (non-hydrogen) atoms. The average molecular weight is 1390 g/mol. The first-order chi connectivity index (χ1) is 49.1. The summed E-state index contributed by atoms with van der Waals surface area (Å²) >= 11 is -0.508. The summed E-state index contributed by atoms with van der Waals surface area (Å²) in [7, 11) is 0. The molecule has 0 aliphatic carbocycles. The Morgan fingerprint density at radius 3 is 0.960 bits per heavy atom. The summed E-state index contributed by atoms with van der Waals surface area (Å²) in [5.74, 6) is 0. The molecule has 4 aliphatic heterocycles. The van der Waals surface area contributed by atoms with Crippen LogP contribution in [0.2, 0.25) is 0 Å². The molecule has 0 fully saturated rings. The van der Waals surface area contributed by atoms with Gasteiger partial charge < -0.3 is 0 Å². The van der Waals surface area contributed by atoms with Crippen LogP contribution in [-0.2, 0) is 0 Å². The molecule has 462 valence electrons.